The Kier molecular flexibility index (Phi) is 11.1. The van der Waals surface area contributed by atoms with E-state index in [2.05, 4.69) is 13.8 Å². The third kappa shape index (κ3) is 8.49. The maximum absolute atomic E-state index is 10.9. The van der Waals surface area contributed by atoms with Gasteiger partial charge in [-0.15, -0.1) is 0 Å². The lowest BCUT2D eigenvalue weighted by Crippen LogP contribution is -2.01. The molecule has 0 bridgehead atoms. The molecule has 4 N–H and O–H groups in total. The van der Waals surface area contributed by atoms with E-state index in [0.717, 1.165) is 18.4 Å². The summed E-state index contributed by atoms with van der Waals surface area (Å²) in [4.78, 5) is -0.137. The van der Waals surface area contributed by atoms with Crippen LogP contribution in [0.1, 0.15) is 83.1 Å². The molecular formula is C18H33NO3S. The lowest BCUT2D eigenvalue weighted by atomic mass is 9.91. The Morgan fingerprint density at radius 3 is 1.91 bits per heavy atom. The van der Waals surface area contributed by atoms with Crippen LogP contribution >= 0.6 is 0 Å². The van der Waals surface area contributed by atoms with Gasteiger partial charge in [0.05, 0.1) is 4.90 Å². The van der Waals surface area contributed by atoms with Crippen molar-refractivity contribution >= 4 is 10.1 Å². The second-order valence-electron chi connectivity index (χ2n) is 6.04. The largest absolute Gasteiger partial charge is 0.744 e. The molecule has 1 unspecified atom stereocenters. The summed E-state index contributed by atoms with van der Waals surface area (Å²) >= 11 is 0. The van der Waals surface area contributed by atoms with Crippen LogP contribution in [0.4, 0.5) is 0 Å². The van der Waals surface area contributed by atoms with Gasteiger partial charge in [0.15, 0.2) is 0 Å². The molecule has 0 saturated heterocycles. The van der Waals surface area contributed by atoms with Crippen molar-refractivity contribution in [2.45, 2.75) is 82.4 Å². The van der Waals surface area contributed by atoms with Gasteiger partial charge < -0.3 is 10.7 Å². The van der Waals surface area contributed by atoms with Crippen LogP contribution in [-0.4, -0.2) is 13.0 Å². The van der Waals surface area contributed by atoms with E-state index < -0.39 is 10.1 Å². The molecule has 4 nitrogen and oxygen atoms in total. The molecule has 0 radical (unpaired) electrons. The van der Waals surface area contributed by atoms with Gasteiger partial charge in [0, 0.05) is 0 Å². The summed E-state index contributed by atoms with van der Waals surface area (Å²) < 4.78 is 32.8. The Balaban J connectivity index is 0.00000484. The van der Waals surface area contributed by atoms with Gasteiger partial charge in [-0.3, -0.25) is 0 Å². The molecule has 1 rings (SSSR count). The van der Waals surface area contributed by atoms with Crippen molar-refractivity contribution in [3.05, 3.63) is 29.8 Å². The normalized spacial score (nSPS) is 12.7. The Morgan fingerprint density at radius 2 is 1.43 bits per heavy atom. The zero-order chi connectivity index (χ0) is 16.4. The molecule has 0 amide bonds. The van der Waals surface area contributed by atoms with Gasteiger partial charge in [-0.25, -0.2) is 8.42 Å². The summed E-state index contributed by atoms with van der Waals surface area (Å²) in [5.74, 6) is 0.457. The van der Waals surface area contributed by atoms with E-state index in [0.29, 0.717) is 5.92 Å². The molecule has 0 saturated carbocycles. The summed E-state index contributed by atoms with van der Waals surface area (Å²) in [6, 6.07) is 6.45. The lowest BCUT2D eigenvalue weighted by molar-refractivity contribution is 0.463. The molecule has 23 heavy (non-hydrogen) atoms. The maximum atomic E-state index is 10.9. The van der Waals surface area contributed by atoms with Gasteiger partial charge in [0.25, 0.3) is 0 Å². The molecule has 0 aliphatic heterocycles. The third-order valence-electron chi connectivity index (χ3n) is 4.29. The average Bonchev–Trinajstić information content (AvgIpc) is 2.49. The van der Waals surface area contributed by atoms with E-state index in [4.69, 9.17) is 0 Å². The van der Waals surface area contributed by atoms with Crippen LogP contribution in [0.25, 0.3) is 0 Å². The SMILES string of the molecule is CCCCCCCCCC(CC)c1ccc(S(=O)(=O)[O-])cc1.[NH4+]. The van der Waals surface area contributed by atoms with Gasteiger partial charge >= 0.3 is 0 Å². The first-order chi connectivity index (χ1) is 10.5. The highest BCUT2D eigenvalue weighted by molar-refractivity contribution is 7.85. The van der Waals surface area contributed by atoms with E-state index in [1.54, 1.807) is 12.1 Å². The van der Waals surface area contributed by atoms with Crippen LogP contribution < -0.4 is 6.15 Å². The lowest BCUT2D eigenvalue weighted by Gasteiger charge is -2.16. The first kappa shape index (κ1) is 22.1. The van der Waals surface area contributed by atoms with Gasteiger partial charge in [-0.2, -0.15) is 0 Å². The van der Waals surface area contributed by atoms with Crippen molar-refractivity contribution < 1.29 is 13.0 Å². The van der Waals surface area contributed by atoms with Crippen LogP contribution in [0.5, 0.6) is 0 Å². The molecule has 0 heterocycles. The predicted molar refractivity (Wildman–Crippen MR) is 96.0 cm³/mol. The van der Waals surface area contributed by atoms with Crippen LogP contribution in [0.15, 0.2) is 29.2 Å². The molecule has 0 aliphatic carbocycles. The third-order valence-corrected chi connectivity index (χ3v) is 5.14. The highest BCUT2D eigenvalue weighted by atomic mass is 32.2. The molecule has 134 valence electrons. The standard InChI is InChI=1S/C18H30O3S.H3N/c1-3-5-6-7-8-9-10-11-16(4-2)17-12-14-18(15-13-17)22(19,20)21;/h12-16H,3-11H2,1-2H3,(H,19,20,21);1H3. The van der Waals surface area contributed by atoms with Crippen molar-refractivity contribution in [3.8, 4) is 0 Å². The molecule has 1 atom stereocenters. The molecule has 0 fully saturated rings. The number of hydrogen-bond donors (Lipinski definition) is 1. The van der Waals surface area contributed by atoms with Gasteiger partial charge in [-0.1, -0.05) is 70.9 Å². The Bertz CT molecular complexity index is 512. The van der Waals surface area contributed by atoms with Crippen molar-refractivity contribution in [2.75, 3.05) is 0 Å². The van der Waals surface area contributed by atoms with Gasteiger partial charge in [-0.05, 0) is 36.5 Å². The van der Waals surface area contributed by atoms with E-state index in [1.165, 1.54) is 57.1 Å². The van der Waals surface area contributed by atoms with Crippen LogP contribution in [0, 0.1) is 0 Å². The van der Waals surface area contributed by atoms with Crippen molar-refractivity contribution in [3.63, 3.8) is 0 Å². The first-order valence-electron chi connectivity index (χ1n) is 8.54. The fraction of sp³-hybridized carbons (Fsp3) is 0.667. The summed E-state index contributed by atoms with van der Waals surface area (Å²) in [5.41, 5.74) is 1.14. The van der Waals surface area contributed by atoms with Crippen molar-refractivity contribution in [2.24, 2.45) is 0 Å². The molecular weight excluding hydrogens is 310 g/mol. The number of unbranched alkanes of at least 4 members (excludes halogenated alkanes) is 6. The Morgan fingerprint density at radius 1 is 0.913 bits per heavy atom. The van der Waals surface area contributed by atoms with E-state index in [-0.39, 0.29) is 11.0 Å². The summed E-state index contributed by atoms with van der Waals surface area (Å²) in [7, 11) is -4.33. The van der Waals surface area contributed by atoms with E-state index >= 15 is 0 Å². The first-order valence-corrected chi connectivity index (χ1v) is 9.95. The van der Waals surface area contributed by atoms with Crippen LogP contribution in [0.2, 0.25) is 0 Å². The minimum Gasteiger partial charge on any atom is -0.744 e. The average molecular weight is 344 g/mol. The predicted octanol–water partition coefficient (Wildman–Crippen LogP) is 5.60. The number of hydrogen-bond acceptors (Lipinski definition) is 3. The maximum Gasteiger partial charge on any atom is 0.124 e. The molecule has 0 spiro atoms. The fourth-order valence-corrected chi connectivity index (χ4v) is 3.33. The topological polar surface area (TPSA) is 93.7 Å². The number of rotatable bonds is 11. The molecule has 1 aromatic carbocycles. The molecule has 0 aliphatic rings. The summed E-state index contributed by atoms with van der Waals surface area (Å²) in [6.07, 6.45) is 11.3. The Hall–Kier alpha value is -0.910. The van der Waals surface area contributed by atoms with E-state index in [9.17, 15) is 13.0 Å². The van der Waals surface area contributed by atoms with Gasteiger partial charge in [0.2, 0.25) is 0 Å². The highest BCUT2D eigenvalue weighted by Gasteiger charge is 2.10. The fourth-order valence-electron chi connectivity index (χ4n) is 2.86. The zero-order valence-electron chi connectivity index (χ0n) is 14.9. The number of benzene rings is 1. The van der Waals surface area contributed by atoms with Gasteiger partial charge in [0.1, 0.15) is 10.1 Å². The second-order valence-corrected chi connectivity index (χ2v) is 7.42. The van der Waals surface area contributed by atoms with E-state index in [1.807, 2.05) is 0 Å². The summed E-state index contributed by atoms with van der Waals surface area (Å²) in [5, 5.41) is 0. The second kappa shape index (κ2) is 11.6. The summed E-state index contributed by atoms with van der Waals surface area (Å²) in [6.45, 7) is 4.39. The minimum absolute atomic E-state index is 0. The van der Waals surface area contributed by atoms with Crippen LogP contribution in [0.3, 0.4) is 0 Å². The monoisotopic (exact) mass is 343 g/mol. The zero-order valence-corrected chi connectivity index (χ0v) is 15.7. The van der Waals surface area contributed by atoms with Crippen molar-refractivity contribution in [1.82, 2.24) is 6.15 Å². The molecule has 1 aromatic rings. The molecule has 0 aromatic heterocycles. The number of quaternary nitrogens is 1. The highest BCUT2D eigenvalue weighted by Crippen LogP contribution is 2.27. The molecule has 5 heteroatoms. The Labute approximate surface area is 142 Å². The smallest absolute Gasteiger partial charge is 0.124 e. The quantitative estimate of drug-likeness (QED) is 0.418. The van der Waals surface area contributed by atoms with Crippen LogP contribution in [-0.2, 0) is 10.1 Å². The minimum atomic E-state index is -4.33. The van der Waals surface area contributed by atoms with Crippen molar-refractivity contribution in [1.29, 1.82) is 0 Å².